The zero-order valence-corrected chi connectivity index (χ0v) is 39.2. The highest BCUT2D eigenvalue weighted by Crippen LogP contribution is 2.36. The fourth-order valence-corrected chi connectivity index (χ4v) is 9.09. The van der Waals surface area contributed by atoms with Crippen LogP contribution in [-0.2, 0) is 61.0 Å². The first kappa shape index (κ1) is 46.8. The average molecular weight is 882 g/mol. The molecule has 8 rings (SSSR count). The van der Waals surface area contributed by atoms with Gasteiger partial charge in [-0.05, 0) is 70.9 Å². The van der Waals surface area contributed by atoms with Gasteiger partial charge in [0.25, 0.3) is 5.82 Å². The number of hydrogen-bond donors (Lipinski definition) is 1. The van der Waals surface area contributed by atoms with Gasteiger partial charge in [0.2, 0.25) is 6.73 Å². The number of Topliss-reactive ketones (excluding diaryl/α,β-unsaturated/α-hetero) is 2. The van der Waals surface area contributed by atoms with Crippen molar-refractivity contribution in [2.45, 2.75) is 106 Å². The molecule has 1 amide bonds. The molecule has 0 fully saturated rings. The number of hydrogen-bond acceptors (Lipinski definition) is 7. The Hall–Kier alpha value is -5.69. The number of nitrogens with one attached hydrogen (secondary N) is 1. The number of halogens is 1. The maximum atomic E-state index is 13.6. The molecule has 0 aliphatic heterocycles. The van der Waals surface area contributed by atoms with Crippen LogP contribution in [-0.4, -0.2) is 59.0 Å². The highest BCUT2D eigenvalue weighted by Gasteiger charge is 2.36. The van der Waals surface area contributed by atoms with Crippen molar-refractivity contribution in [2.75, 3.05) is 6.54 Å². The number of amides is 1. The number of rotatable bonds is 9. The van der Waals surface area contributed by atoms with E-state index in [1.165, 1.54) is 5.69 Å². The minimum atomic E-state index is -0.622. The number of aromatic nitrogens is 6. The maximum absolute atomic E-state index is 13.6. The number of carbonyl (C=O) groups excluding carboxylic acids is 4. The van der Waals surface area contributed by atoms with E-state index in [1.54, 1.807) is 27.0 Å². The van der Waals surface area contributed by atoms with Crippen molar-refractivity contribution in [1.82, 2.24) is 28.6 Å². The number of carbonyl (C=O) groups is 4. The second-order valence-electron chi connectivity index (χ2n) is 19.0. The van der Waals surface area contributed by atoms with E-state index in [0.717, 1.165) is 82.5 Å². The summed E-state index contributed by atoms with van der Waals surface area (Å²) in [5.41, 5.74) is 5.28. The molecule has 2 aromatic carbocycles. The van der Waals surface area contributed by atoms with Crippen LogP contribution in [0.1, 0.15) is 98.1 Å². The van der Waals surface area contributed by atoms with Crippen LogP contribution in [0, 0.1) is 37.0 Å². The Kier molecular flexibility index (Phi) is 13.8. The second-order valence-corrected chi connectivity index (χ2v) is 19.0. The van der Waals surface area contributed by atoms with Crippen molar-refractivity contribution in [3.63, 3.8) is 0 Å². The topological polar surface area (TPSA) is 135 Å². The Bertz CT molecular complexity index is 2650. The van der Waals surface area contributed by atoms with Gasteiger partial charge in [-0.15, -0.1) is 12.4 Å². The third kappa shape index (κ3) is 9.78. The zero-order chi connectivity index (χ0) is 44.7. The van der Waals surface area contributed by atoms with Crippen LogP contribution in [0.2, 0.25) is 0 Å². The summed E-state index contributed by atoms with van der Waals surface area (Å²) in [7, 11) is 4.10. The van der Waals surface area contributed by atoms with Crippen LogP contribution in [0.15, 0.2) is 73.3 Å². The van der Waals surface area contributed by atoms with Gasteiger partial charge in [0.15, 0.2) is 11.6 Å². The maximum Gasteiger partial charge on any atom is 0.407 e. The quantitative estimate of drug-likeness (QED) is 0.114. The van der Waals surface area contributed by atoms with Crippen molar-refractivity contribution in [3.05, 3.63) is 107 Å². The Labute approximate surface area is 376 Å². The van der Waals surface area contributed by atoms with Crippen molar-refractivity contribution in [1.29, 1.82) is 0 Å². The number of esters is 1. The highest BCUT2D eigenvalue weighted by atomic mass is 35.5. The summed E-state index contributed by atoms with van der Waals surface area (Å²) in [6.45, 7) is 16.6. The van der Waals surface area contributed by atoms with Crippen molar-refractivity contribution in [3.8, 4) is 0 Å². The summed E-state index contributed by atoms with van der Waals surface area (Å²) >= 11 is 0. The lowest BCUT2D eigenvalue weighted by molar-refractivity contribution is -0.732. The number of imidazole rings is 2. The molecule has 63 heavy (non-hydrogen) atoms. The zero-order valence-electron chi connectivity index (χ0n) is 38.4. The van der Waals surface area contributed by atoms with Gasteiger partial charge in [0, 0.05) is 96.7 Å². The highest BCUT2D eigenvalue weighted by molar-refractivity contribution is 6.12. The summed E-state index contributed by atoms with van der Waals surface area (Å²) in [5.74, 6) is 1.31. The van der Waals surface area contributed by atoms with Crippen molar-refractivity contribution < 1.29 is 33.2 Å². The van der Waals surface area contributed by atoms with E-state index >= 15 is 0 Å². The predicted octanol–water partition coefficient (Wildman–Crippen LogP) is 8.26. The van der Waals surface area contributed by atoms with E-state index in [-0.39, 0.29) is 49.1 Å². The number of benzene rings is 2. The Morgan fingerprint density at radius 3 is 1.83 bits per heavy atom. The molecule has 0 saturated heterocycles. The van der Waals surface area contributed by atoms with E-state index in [4.69, 9.17) is 9.47 Å². The summed E-state index contributed by atoms with van der Waals surface area (Å²) in [6.07, 6.45) is 10.5. The number of alkyl carbamates (subject to hydrolysis) is 1. The van der Waals surface area contributed by atoms with E-state index < -0.39 is 29.0 Å². The normalized spacial score (nSPS) is 16.7. The predicted molar refractivity (Wildman–Crippen MR) is 245 cm³/mol. The van der Waals surface area contributed by atoms with E-state index in [2.05, 4.69) is 53.8 Å². The molecule has 14 heteroatoms. The molecule has 336 valence electrons. The van der Waals surface area contributed by atoms with Crippen LogP contribution in [0.4, 0.5) is 4.79 Å². The third-order valence-electron chi connectivity index (χ3n) is 12.7. The number of ether oxygens (including phenoxy) is 2. The molecule has 4 heterocycles. The molecule has 0 saturated carbocycles. The SMILES string of the molecule is Cc1n(CC2CCc3c(c4ccccc4n3C)C2=O)cc[n+]1COC(=O)C(CNC(=O)OC(C)(C)C)C(C)(C)C.Cc1nccn1CC1CCc2c(c3ccccc3n2C)C1=O.Cl. The molecule has 0 bridgehead atoms. The number of fused-ring (bicyclic) bond motifs is 6. The van der Waals surface area contributed by atoms with Gasteiger partial charge in [-0.1, -0.05) is 57.2 Å². The van der Waals surface area contributed by atoms with Gasteiger partial charge in [-0.3, -0.25) is 14.4 Å². The molecule has 6 aromatic rings. The summed E-state index contributed by atoms with van der Waals surface area (Å²) in [4.78, 5) is 56.1. The molecule has 13 nitrogen and oxygen atoms in total. The third-order valence-corrected chi connectivity index (χ3v) is 12.7. The average Bonchev–Trinajstić information content (AvgIpc) is 3.95. The molecule has 4 aromatic heterocycles. The van der Waals surface area contributed by atoms with E-state index in [1.807, 2.05) is 95.2 Å². The van der Waals surface area contributed by atoms with Gasteiger partial charge in [-0.25, -0.2) is 14.3 Å². The fourth-order valence-electron chi connectivity index (χ4n) is 9.09. The minimum absolute atomic E-state index is 0. The molecule has 0 radical (unpaired) electrons. The molecule has 3 unspecified atom stereocenters. The van der Waals surface area contributed by atoms with E-state index in [0.29, 0.717) is 6.54 Å². The lowest BCUT2D eigenvalue weighted by atomic mass is 9.80. The van der Waals surface area contributed by atoms with Gasteiger partial charge in [-0.2, -0.15) is 4.57 Å². The van der Waals surface area contributed by atoms with Gasteiger partial charge in [0.05, 0.1) is 11.8 Å². The molecule has 2 aliphatic carbocycles. The first-order valence-electron chi connectivity index (χ1n) is 21.7. The van der Waals surface area contributed by atoms with Crippen LogP contribution in [0.25, 0.3) is 21.8 Å². The van der Waals surface area contributed by atoms with Gasteiger partial charge in [0.1, 0.15) is 30.4 Å². The van der Waals surface area contributed by atoms with Crippen LogP contribution in [0.5, 0.6) is 0 Å². The number of para-hydroxylation sites is 2. The number of nitrogens with zero attached hydrogens (tertiary/aromatic N) is 6. The molecule has 2 aliphatic rings. The summed E-state index contributed by atoms with van der Waals surface area (Å²) in [5, 5.41) is 4.82. The Morgan fingerprint density at radius 2 is 1.33 bits per heavy atom. The standard InChI is InChI=1S/C31H42N4O5.C18H19N3O.ClH/c1-20-34(18-21-13-14-25-26(27(21)36)22-11-9-10-12-24(22)33(25)8)15-16-35(20)19-39-28(37)23(30(2,3)4)17-32-29(38)40-31(5,6)7;1-12-19-9-10-21(12)11-13-7-8-16-17(18(13)22)14-5-3-4-6-15(14)20(16)2;/h9-12,15-16,21,23H,13-14,17-19H2,1-8H3;3-6,9-10,13H,7-8,11H2,1-2H3;1H/p+1. The molecule has 1 N–H and O–H groups in total. The fraction of sp³-hybridized carbons (Fsp3) is 0.469. The lowest BCUT2D eigenvalue weighted by Gasteiger charge is -2.29. The van der Waals surface area contributed by atoms with Crippen molar-refractivity contribution in [2.24, 2.45) is 37.3 Å². The van der Waals surface area contributed by atoms with Gasteiger partial charge >= 0.3 is 12.1 Å². The van der Waals surface area contributed by atoms with Crippen LogP contribution >= 0.6 is 12.4 Å². The van der Waals surface area contributed by atoms with Crippen LogP contribution < -0.4 is 9.88 Å². The van der Waals surface area contributed by atoms with Crippen molar-refractivity contribution >= 4 is 57.8 Å². The minimum Gasteiger partial charge on any atom is -0.444 e. The second kappa shape index (κ2) is 18.6. The molecular formula is C49H63ClN7O6+. The Balaban J connectivity index is 0.000000241. The summed E-state index contributed by atoms with van der Waals surface area (Å²) in [6, 6.07) is 16.3. The largest absolute Gasteiger partial charge is 0.444 e. The summed E-state index contributed by atoms with van der Waals surface area (Å²) < 4.78 is 21.3. The van der Waals surface area contributed by atoms with Crippen LogP contribution in [0.3, 0.4) is 0 Å². The number of ketones is 2. The molecule has 3 atom stereocenters. The Morgan fingerprint density at radius 1 is 0.810 bits per heavy atom. The number of aryl methyl sites for hydroxylation is 3. The lowest BCUT2D eigenvalue weighted by Crippen LogP contribution is -2.44. The molecule has 0 spiro atoms. The smallest absolute Gasteiger partial charge is 0.407 e. The first-order valence-corrected chi connectivity index (χ1v) is 21.7. The van der Waals surface area contributed by atoms with Gasteiger partial charge < -0.3 is 28.5 Å². The molecular weight excluding hydrogens is 818 g/mol. The first-order chi connectivity index (χ1) is 29.3. The monoisotopic (exact) mass is 880 g/mol. The van der Waals surface area contributed by atoms with E-state index in [9.17, 15) is 19.2 Å².